The standard InChI is InChI=1S/C17H22N2O2/c1-2-15-17(21)18-8-9-19(15)11-16(20)14-7-6-12-4-3-5-13(12)10-14/h6-7,10,15H,2-5,8-9,11H2,1H3,(H,18,21). The van der Waals surface area contributed by atoms with E-state index in [9.17, 15) is 9.59 Å². The van der Waals surface area contributed by atoms with Crippen LogP contribution in [0.2, 0.25) is 0 Å². The first-order valence-electron chi connectivity index (χ1n) is 7.86. The highest BCUT2D eigenvalue weighted by Gasteiger charge is 2.29. The predicted molar refractivity (Wildman–Crippen MR) is 81.5 cm³/mol. The van der Waals surface area contributed by atoms with Crippen molar-refractivity contribution in [2.45, 2.75) is 38.6 Å². The van der Waals surface area contributed by atoms with E-state index < -0.39 is 0 Å². The van der Waals surface area contributed by atoms with E-state index in [0.717, 1.165) is 31.4 Å². The number of piperazine rings is 1. The highest BCUT2D eigenvalue weighted by Crippen LogP contribution is 2.23. The van der Waals surface area contributed by atoms with E-state index in [4.69, 9.17) is 0 Å². The van der Waals surface area contributed by atoms with Crippen molar-refractivity contribution in [3.63, 3.8) is 0 Å². The van der Waals surface area contributed by atoms with Crippen LogP contribution in [-0.4, -0.2) is 42.3 Å². The molecule has 1 fully saturated rings. The van der Waals surface area contributed by atoms with Crippen LogP contribution < -0.4 is 5.32 Å². The van der Waals surface area contributed by atoms with Crippen molar-refractivity contribution in [2.24, 2.45) is 0 Å². The Bertz CT molecular complexity index is 568. The third kappa shape index (κ3) is 2.86. The molecule has 1 aromatic carbocycles. The number of ketones is 1. The number of aryl methyl sites for hydroxylation is 2. The van der Waals surface area contributed by atoms with Gasteiger partial charge in [0.15, 0.2) is 5.78 Å². The van der Waals surface area contributed by atoms with Gasteiger partial charge in [-0.3, -0.25) is 14.5 Å². The first-order chi connectivity index (χ1) is 10.2. The van der Waals surface area contributed by atoms with Crippen LogP contribution in [0.3, 0.4) is 0 Å². The molecule has 4 heteroatoms. The van der Waals surface area contributed by atoms with Gasteiger partial charge in [-0.1, -0.05) is 19.1 Å². The van der Waals surface area contributed by atoms with E-state index in [1.54, 1.807) is 0 Å². The van der Waals surface area contributed by atoms with Gasteiger partial charge in [-0.25, -0.2) is 0 Å². The molecule has 0 bridgehead atoms. The fraction of sp³-hybridized carbons (Fsp3) is 0.529. The van der Waals surface area contributed by atoms with Crippen LogP contribution in [0.15, 0.2) is 18.2 Å². The number of carbonyl (C=O) groups is 2. The highest BCUT2D eigenvalue weighted by atomic mass is 16.2. The number of nitrogens with zero attached hydrogens (tertiary/aromatic N) is 1. The summed E-state index contributed by atoms with van der Waals surface area (Å²) >= 11 is 0. The molecule has 1 N–H and O–H groups in total. The highest BCUT2D eigenvalue weighted by molar-refractivity contribution is 5.98. The lowest BCUT2D eigenvalue weighted by Crippen LogP contribution is -2.56. The molecule has 0 radical (unpaired) electrons. The Labute approximate surface area is 125 Å². The van der Waals surface area contributed by atoms with E-state index in [2.05, 4.69) is 17.4 Å². The van der Waals surface area contributed by atoms with Gasteiger partial charge in [-0.2, -0.15) is 0 Å². The number of hydrogen-bond donors (Lipinski definition) is 1. The summed E-state index contributed by atoms with van der Waals surface area (Å²) in [6.07, 6.45) is 4.15. The van der Waals surface area contributed by atoms with Gasteiger partial charge in [0.1, 0.15) is 0 Å². The van der Waals surface area contributed by atoms with Crippen LogP contribution in [0, 0.1) is 0 Å². The van der Waals surface area contributed by atoms with Crippen LogP contribution in [0.1, 0.15) is 41.3 Å². The minimum atomic E-state index is -0.169. The summed E-state index contributed by atoms with van der Waals surface area (Å²) in [5.74, 6) is 0.170. The van der Waals surface area contributed by atoms with Gasteiger partial charge in [0.05, 0.1) is 12.6 Å². The average molecular weight is 286 g/mol. The molecule has 0 aromatic heterocycles. The molecular weight excluding hydrogens is 264 g/mol. The number of rotatable bonds is 4. The Morgan fingerprint density at radius 3 is 2.95 bits per heavy atom. The van der Waals surface area contributed by atoms with Crippen molar-refractivity contribution in [3.8, 4) is 0 Å². The Kier molecular flexibility index (Phi) is 4.06. The predicted octanol–water partition coefficient (Wildman–Crippen LogP) is 1.57. The van der Waals surface area contributed by atoms with Gasteiger partial charge in [0.2, 0.25) is 5.91 Å². The second-order valence-corrected chi connectivity index (χ2v) is 5.95. The summed E-state index contributed by atoms with van der Waals surface area (Å²) in [5.41, 5.74) is 3.50. The normalized spacial score (nSPS) is 22.0. The molecule has 1 aromatic rings. The van der Waals surface area contributed by atoms with E-state index in [-0.39, 0.29) is 17.7 Å². The number of carbonyl (C=O) groups excluding carboxylic acids is 2. The largest absolute Gasteiger partial charge is 0.353 e. The first-order valence-corrected chi connectivity index (χ1v) is 7.86. The molecule has 0 spiro atoms. The zero-order chi connectivity index (χ0) is 14.8. The lowest BCUT2D eigenvalue weighted by molar-refractivity contribution is -0.128. The summed E-state index contributed by atoms with van der Waals surface area (Å²) < 4.78 is 0. The maximum Gasteiger partial charge on any atom is 0.237 e. The SMILES string of the molecule is CCC1C(=O)NCCN1CC(=O)c1ccc2c(c1)CCC2. The average Bonchev–Trinajstić information content (AvgIpc) is 2.94. The van der Waals surface area contributed by atoms with Crippen molar-refractivity contribution in [3.05, 3.63) is 34.9 Å². The third-order valence-corrected chi connectivity index (χ3v) is 4.60. The van der Waals surface area contributed by atoms with E-state index in [0.29, 0.717) is 13.1 Å². The van der Waals surface area contributed by atoms with E-state index in [1.807, 2.05) is 17.9 Å². The fourth-order valence-electron chi connectivity index (χ4n) is 3.42. The molecule has 1 unspecified atom stereocenters. The van der Waals surface area contributed by atoms with Crippen LogP contribution in [0.5, 0.6) is 0 Å². The third-order valence-electron chi connectivity index (χ3n) is 4.60. The number of fused-ring (bicyclic) bond motifs is 1. The van der Waals surface area contributed by atoms with Gasteiger partial charge in [0.25, 0.3) is 0 Å². The minimum Gasteiger partial charge on any atom is -0.353 e. The molecule has 4 nitrogen and oxygen atoms in total. The number of nitrogens with one attached hydrogen (secondary N) is 1. The van der Waals surface area contributed by atoms with E-state index in [1.165, 1.54) is 17.5 Å². The minimum absolute atomic E-state index is 0.0468. The smallest absolute Gasteiger partial charge is 0.237 e. The lowest BCUT2D eigenvalue weighted by Gasteiger charge is -2.33. The van der Waals surface area contributed by atoms with Gasteiger partial charge in [0, 0.05) is 18.7 Å². The molecule has 1 aliphatic heterocycles. The molecule has 1 amide bonds. The van der Waals surface area contributed by atoms with Crippen molar-refractivity contribution < 1.29 is 9.59 Å². The maximum absolute atomic E-state index is 12.5. The maximum atomic E-state index is 12.5. The van der Waals surface area contributed by atoms with Crippen LogP contribution in [0.25, 0.3) is 0 Å². The molecule has 1 atom stereocenters. The molecule has 3 rings (SSSR count). The summed E-state index contributed by atoms with van der Waals surface area (Å²) in [6, 6.07) is 5.92. The molecule has 112 valence electrons. The molecule has 2 aliphatic rings. The number of Topliss-reactive ketones (excluding diaryl/α,β-unsaturated/α-hetero) is 1. The Balaban J connectivity index is 1.72. The summed E-state index contributed by atoms with van der Waals surface area (Å²) in [5, 5.41) is 2.87. The van der Waals surface area contributed by atoms with Gasteiger partial charge in [-0.15, -0.1) is 0 Å². The van der Waals surface area contributed by atoms with Crippen molar-refractivity contribution >= 4 is 11.7 Å². The van der Waals surface area contributed by atoms with Crippen molar-refractivity contribution in [1.82, 2.24) is 10.2 Å². The van der Waals surface area contributed by atoms with Gasteiger partial charge < -0.3 is 5.32 Å². The monoisotopic (exact) mass is 286 g/mol. The summed E-state index contributed by atoms with van der Waals surface area (Å²) in [4.78, 5) is 26.4. The molecule has 1 saturated heterocycles. The quantitative estimate of drug-likeness (QED) is 0.855. The van der Waals surface area contributed by atoms with Crippen molar-refractivity contribution in [1.29, 1.82) is 0 Å². The van der Waals surface area contributed by atoms with Crippen molar-refractivity contribution in [2.75, 3.05) is 19.6 Å². The second kappa shape index (κ2) is 5.98. The number of hydrogen-bond acceptors (Lipinski definition) is 3. The zero-order valence-electron chi connectivity index (χ0n) is 12.5. The zero-order valence-corrected chi connectivity index (χ0v) is 12.5. The Hall–Kier alpha value is -1.68. The topological polar surface area (TPSA) is 49.4 Å². The summed E-state index contributed by atoms with van der Waals surface area (Å²) in [7, 11) is 0. The van der Waals surface area contributed by atoms with Crippen LogP contribution >= 0.6 is 0 Å². The molecular formula is C17H22N2O2. The van der Waals surface area contributed by atoms with Gasteiger partial charge in [-0.05, 0) is 42.9 Å². The van der Waals surface area contributed by atoms with Gasteiger partial charge >= 0.3 is 0 Å². The molecule has 0 saturated carbocycles. The lowest BCUT2D eigenvalue weighted by atomic mass is 10.0. The molecule has 1 aliphatic carbocycles. The molecule has 1 heterocycles. The Morgan fingerprint density at radius 1 is 1.33 bits per heavy atom. The number of benzene rings is 1. The second-order valence-electron chi connectivity index (χ2n) is 5.95. The van der Waals surface area contributed by atoms with E-state index >= 15 is 0 Å². The van der Waals surface area contributed by atoms with Crippen LogP contribution in [-0.2, 0) is 17.6 Å². The summed E-state index contributed by atoms with van der Waals surface area (Å²) in [6.45, 7) is 3.71. The number of amides is 1. The Morgan fingerprint density at radius 2 is 2.14 bits per heavy atom. The first kappa shape index (κ1) is 14.3. The molecule has 21 heavy (non-hydrogen) atoms. The fourth-order valence-corrected chi connectivity index (χ4v) is 3.42. The van der Waals surface area contributed by atoms with Crippen LogP contribution in [0.4, 0.5) is 0 Å².